The van der Waals surface area contributed by atoms with Gasteiger partial charge in [0.2, 0.25) is 0 Å². The zero-order valence-corrected chi connectivity index (χ0v) is 9.12. The van der Waals surface area contributed by atoms with Crippen LogP contribution < -0.4 is 10.9 Å². The number of nitrogens with one attached hydrogen (secondary N) is 2. The number of hydrogen-bond donors (Lipinski definition) is 2. The van der Waals surface area contributed by atoms with E-state index >= 15 is 0 Å². The second-order valence-corrected chi connectivity index (χ2v) is 4.02. The van der Waals surface area contributed by atoms with Gasteiger partial charge in [0.15, 0.2) is 0 Å². The van der Waals surface area contributed by atoms with Crippen molar-refractivity contribution in [3.63, 3.8) is 0 Å². The summed E-state index contributed by atoms with van der Waals surface area (Å²) in [5, 5.41) is 3.12. The quantitative estimate of drug-likeness (QED) is 0.580. The van der Waals surface area contributed by atoms with E-state index in [0.29, 0.717) is 11.7 Å². The molecule has 1 fully saturated rings. The molecule has 2 N–H and O–H groups in total. The number of unbranched alkanes of at least 4 members (excludes halogenated alkanes) is 1. The molecule has 0 bridgehead atoms. The zero-order valence-electron chi connectivity index (χ0n) is 9.12. The van der Waals surface area contributed by atoms with Crippen LogP contribution in [-0.2, 0) is 0 Å². The highest BCUT2D eigenvalue weighted by Gasteiger charge is 2.26. The van der Waals surface area contributed by atoms with Crippen LogP contribution in [-0.4, -0.2) is 16.5 Å². The predicted octanol–water partition coefficient (Wildman–Crippen LogP) is 1.47. The van der Waals surface area contributed by atoms with E-state index in [1.54, 1.807) is 0 Å². The van der Waals surface area contributed by atoms with E-state index < -0.39 is 0 Å². The number of rotatable bonds is 5. The molecule has 1 aromatic rings. The van der Waals surface area contributed by atoms with Crippen LogP contribution in [0, 0.1) is 12.3 Å². The summed E-state index contributed by atoms with van der Waals surface area (Å²) in [6.07, 6.45) is 9.05. The molecule has 84 valence electrons. The predicted molar refractivity (Wildman–Crippen MR) is 63.4 cm³/mol. The largest absolute Gasteiger partial charge is 0.370 e. The fourth-order valence-corrected chi connectivity index (χ4v) is 1.52. The van der Waals surface area contributed by atoms with Gasteiger partial charge in [-0.3, -0.25) is 4.79 Å². The summed E-state index contributed by atoms with van der Waals surface area (Å²) in [7, 11) is 0. The molecule has 0 radical (unpaired) electrons. The topological polar surface area (TPSA) is 57.8 Å². The molecule has 0 atom stereocenters. The minimum absolute atomic E-state index is 0.0867. The number of H-pyrrole nitrogens is 1. The summed E-state index contributed by atoms with van der Waals surface area (Å²) in [4.78, 5) is 18.5. The first-order valence-electron chi connectivity index (χ1n) is 5.58. The van der Waals surface area contributed by atoms with Crippen molar-refractivity contribution in [3.05, 3.63) is 22.2 Å². The Labute approximate surface area is 94.5 Å². The molecule has 1 saturated carbocycles. The Morgan fingerprint density at radius 3 is 3.12 bits per heavy atom. The molecule has 1 heterocycles. The van der Waals surface area contributed by atoms with Crippen molar-refractivity contribution in [3.8, 4) is 12.3 Å². The van der Waals surface area contributed by atoms with Gasteiger partial charge in [0, 0.05) is 24.9 Å². The standard InChI is InChI=1S/C12H15N3O/c1-2-3-4-7-13-10-8-11(16)15-12(14-10)9-5-6-9/h1,8-9H,3-7H2,(H2,13,14,15,16). The Bertz CT molecular complexity index is 454. The van der Waals surface area contributed by atoms with Crippen LogP contribution in [0.1, 0.15) is 37.4 Å². The second kappa shape index (κ2) is 4.84. The Balaban J connectivity index is 1.98. The molecule has 0 aliphatic heterocycles. The van der Waals surface area contributed by atoms with Crippen molar-refractivity contribution >= 4 is 5.82 Å². The summed E-state index contributed by atoms with van der Waals surface area (Å²) in [5.41, 5.74) is -0.0867. The molecule has 4 nitrogen and oxygen atoms in total. The summed E-state index contributed by atoms with van der Waals surface area (Å²) in [6, 6.07) is 1.49. The monoisotopic (exact) mass is 217 g/mol. The molecule has 16 heavy (non-hydrogen) atoms. The number of terminal acetylenes is 1. The lowest BCUT2D eigenvalue weighted by Crippen LogP contribution is -2.13. The molecule has 0 aromatic carbocycles. The molecule has 0 unspecified atom stereocenters. The van der Waals surface area contributed by atoms with E-state index in [-0.39, 0.29) is 5.56 Å². The van der Waals surface area contributed by atoms with Gasteiger partial charge in [-0.25, -0.2) is 4.98 Å². The first-order valence-corrected chi connectivity index (χ1v) is 5.58. The van der Waals surface area contributed by atoms with Crippen LogP contribution in [0.15, 0.2) is 10.9 Å². The number of anilines is 1. The van der Waals surface area contributed by atoms with Crippen LogP contribution in [0.4, 0.5) is 5.82 Å². The molecule has 0 amide bonds. The molecular formula is C12H15N3O. The van der Waals surface area contributed by atoms with Gasteiger partial charge < -0.3 is 10.3 Å². The number of nitrogens with zero attached hydrogens (tertiary/aromatic N) is 1. The maximum Gasteiger partial charge on any atom is 0.252 e. The van der Waals surface area contributed by atoms with Crippen molar-refractivity contribution in [2.24, 2.45) is 0 Å². The van der Waals surface area contributed by atoms with Crippen LogP contribution in [0.25, 0.3) is 0 Å². The van der Waals surface area contributed by atoms with Gasteiger partial charge in [-0.15, -0.1) is 12.3 Å². The Kier molecular flexibility index (Phi) is 3.25. The van der Waals surface area contributed by atoms with Crippen molar-refractivity contribution < 1.29 is 0 Å². The van der Waals surface area contributed by atoms with Crippen molar-refractivity contribution in [2.45, 2.75) is 31.6 Å². The van der Waals surface area contributed by atoms with Gasteiger partial charge >= 0.3 is 0 Å². The number of aromatic amines is 1. The third kappa shape index (κ3) is 2.86. The molecular weight excluding hydrogens is 202 g/mol. The molecule has 1 aliphatic carbocycles. The average Bonchev–Trinajstić information content (AvgIpc) is 3.07. The van der Waals surface area contributed by atoms with Crippen LogP contribution in [0.3, 0.4) is 0 Å². The Hall–Kier alpha value is -1.76. The summed E-state index contributed by atoms with van der Waals surface area (Å²) >= 11 is 0. The minimum atomic E-state index is -0.0867. The maximum atomic E-state index is 11.4. The highest BCUT2D eigenvalue weighted by Crippen LogP contribution is 2.37. The molecule has 1 aromatic heterocycles. The minimum Gasteiger partial charge on any atom is -0.370 e. The highest BCUT2D eigenvalue weighted by atomic mass is 16.1. The van der Waals surface area contributed by atoms with Gasteiger partial charge in [-0.1, -0.05) is 0 Å². The molecule has 0 spiro atoms. The summed E-state index contributed by atoms with van der Waals surface area (Å²) < 4.78 is 0. The number of hydrogen-bond acceptors (Lipinski definition) is 3. The van der Waals surface area contributed by atoms with E-state index in [1.165, 1.54) is 6.07 Å². The van der Waals surface area contributed by atoms with E-state index in [4.69, 9.17) is 6.42 Å². The highest BCUT2D eigenvalue weighted by molar-refractivity contribution is 5.33. The summed E-state index contributed by atoms with van der Waals surface area (Å²) in [5.74, 6) is 4.50. The van der Waals surface area contributed by atoms with E-state index in [1.807, 2.05) is 0 Å². The third-order valence-corrected chi connectivity index (χ3v) is 2.53. The van der Waals surface area contributed by atoms with Crippen molar-refractivity contribution in [2.75, 3.05) is 11.9 Å². The molecule has 1 aliphatic rings. The fourth-order valence-electron chi connectivity index (χ4n) is 1.52. The van der Waals surface area contributed by atoms with Crippen LogP contribution in [0.5, 0.6) is 0 Å². The van der Waals surface area contributed by atoms with Gasteiger partial charge in [0.1, 0.15) is 11.6 Å². The smallest absolute Gasteiger partial charge is 0.252 e. The van der Waals surface area contributed by atoms with E-state index in [0.717, 1.165) is 38.1 Å². The van der Waals surface area contributed by atoms with Crippen LogP contribution in [0.2, 0.25) is 0 Å². The van der Waals surface area contributed by atoms with E-state index in [2.05, 4.69) is 21.2 Å². The van der Waals surface area contributed by atoms with Crippen LogP contribution >= 0.6 is 0 Å². The van der Waals surface area contributed by atoms with Crippen molar-refractivity contribution in [1.82, 2.24) is 9.97 Å². The first-order chi connectivity index (χ1) is 7.79. The lowest BCUT2D eigenvalue weighted by Gasteiger charge is -2.05. The molecule has 2 rings (SSSR count). The van der Waals surface area contributed by atoms with Gasteiger partial charge in [-0.2, -0.15) is 0 Å². The Morgan fingerprint density at radius 2 is 2.44 bits per heavy atom. The van der Waals surface area contributed by atoms with Gasteiger partial charge in [0.25, 0.3) is 5.56 Å². The number of aromatic nitrogens is 2. The van der Waals surface area contributed by atoms with Gasteiger partial charge in [0.05, 0.1) is 0 Å². The van der Waals surface area contributed by atoms with Gasteiger partial charge in [-0.05, 0) is 19.3 Å². The normalized spacial score (nSPS) is 14.4. The summed E-state index contributed by atoms with van der Waals surface area (Å²) in [6.45, 7) is 0.755. The van der Waals surface area contributed by atoms with E-state index in [9.17, 15) is 4.79 Å². The average molecular weight is 217 g/mol. The molecule has 0 saturated heterocycles. The maximum absolute atomic E-state index is 11.4. The SMILES string of the molecule is C#CCCCNc1cc(=O)[nH]c(C2CC2)n1. The first kappa shape index (κ1) is 10.7. The zero-order chi connectivity index (χ0) is 11.4. The van der Waals surface area contributed by atoms with Crippen molar-refractivity contribution in [1.29, 1.82) is 0 Å². The lowest BCUT2D eigenvalue weighted by atomic mass is 10.3. The fraction of sp³-hybridized carbons (Fsp3) is 0.500. The Morgan fingerprint density at radius 1 is 1.62 bits per heavy atom. The molecule has 4 heteroatoms. The second-order valence-electron chi connectivity index (χ2n) is 4.02. The third-order valence-electron chi connectivity index (χ3n) is 2.53. The lowest BCUT2D eigenvalue weighted by molar-refractivity contribution is 0.874.